The Labute approximate surface area is 170 Å². The van der Waals surface area contributed by atoms with Gasteiger partial charge in [-0.1, -0.05) is 30.9 Å². The van der Waals surface area contributed by atoms with E-state index in [1.54, 1.807) is 0 Å². The number of hydrogen-bond donors (Lipinski definition) is 2. The van der Waals surface area contributed by atoms with Gasteiger partial charge in [0.15, 0.2) is 0 Å². The van der Waals surface area contributed by atoms with E-state index >= 15 is 0 Å². The van der Waals surface area contributed by atoms with Crippen LogP contribution in [-0.2, 0) is 11.3 Å². The summed E-state index contributed by atoms with van der Waals surface area (Å²) in [5.74, 6) is 0.538. The van der Waals surface area contributed by atoms with Crippen LogP contribution in [0.5, 0.6) is 0 Å². The number of fused-ring (bicyclic) bond motifs is 1. The Bertz CT molecular complexity index is 905. The third-order valence-electron chi connectivity index (χ3n) is 5.74. The molecule has 0 radical (unpaired) electrons. The van der Waals surface area contributed by atoms with E-state index in [9.17, 15) is 4.79 Å². The first-order valence-corrected chi connectivity index (χ1v) is 10.5. The number of nitrogens with two attached hydrogens (primary N) is 1. The molecule has 1 aromatic heterocycles. The van der Waals surface area contributed by atoms with Crippen LogP contribution < -0.4 is 11.1 Å². The van der Waals surface area contributed by atoms with Gasteiger partial charge in [0.2, 0.25) is 5.91 Å². The zero-order valence-electron chi connectivity index (χ0n) is 16.1. The van der Waals surface area contributed by atoms with Crippen molar-refractivity contribution in [1.82, 2.24) is 9.88 Å². The second kappa shape index (κ2) is 8.39. The third-order valence-corrected chi connectivity index (χ3v) is 6.06. The molecule has 1 aromatic carbocycles. The van der Waals surface area contributed by atoms with Gasteiger partial charge in [0, 0.05) is 36.7 Å². The van der Waals surface area contributed by atoms with Gasteiger partial charge in [-0.2, -0.15) is 0 Å². The molecule has 0 saturated heterocycles. The van der Waals surface area contributed by atoms with E-state index in [2.05, 4.69) is 10.2 Å². The van der Waals surface area contributed by atoms with Crippen molar-refractivity contribution in [2.45, 2.75) is 51.5 Å². The summed E-state index contributed by atoms with van der Waals surface area (Å²) >= 11 is 6.41. The van der Waals surface area contributed by atoms with E-state index in [1.165, 1.54) is 19.3 Å². The molecule has 1 aliphatic heterocycles. The van der Waals surface area contributed by atoms with Crippen molar-refractivity contribution in [1.29, 1.82) is 0 Å². The van der Waals surface area contributed by atoms with Crippen LogP contribution in [0.3, 0.4) is 0 Å². The maximum absolute atomic E-state index is 12.6. The highest BCUT2D eigenvalue weighted by molar-refractivity contribution is 6.35. The molecule has 0 bridgehead atoms. The fourth-order valence-corrected chi connectivity index (χ4v) is 4.46. The van der Waals surface area contributed by atoms with Crippen molar-refractivity contribution in [3.63, 3.8) is 0 Å². The number of rotatable bonds is 5. The molecule has 0 atom stereocenters. The van der Waals surface area contributed by atoms with E-state index in [-0.39, 0.29) is 5.91 Å². The Morgan fingerprint density at radius 3 is 2.79 bits per heavy atom. The number of anilines is 1. The summed E-state index contributed by atoms with van der Waals surface area (Å²) in [6.07, 6.45) is 9.52. The van der Waals surface area contributed by atoms with Crippen LogP contribution in [0.2, 0.25) is 5.02 Å². The smallest absolute Gasteiger partial charge is 0.224 e. The first-order valence-electron chi connectivity index (χ1n) is 10.2. The summed E-state index contributed by atoms with van der Waals surface area (Å²) in [4.78, 5) is 19.5. The number of nitrogens with zero attached hydrogens (tertiary/aromatic N) is 2. The van der Waals surface area contributed by atoms with E-state index in [4.69, 9.17) is 22.3 Å². The van der Waals surface area contributed by atoms with Crippen LogP contribution in [-0.4, -0.2) is 22.3 Å². The van der Waals surface area contributed by atoms with Gasteiger partial charge in [0.1, 0.15) is 0 Å². The van der Waals surface area contributed by atoms with Crippen LogP contribution in [0.25, 0.3) is 10.9 Å². The SMILES string of the molecule is NC1=CN(Cc2ccc3c(NC(=O)CC4CCCCC4)c(Cl)ccc3n2)CC1. The van der Waals surface area contributed by atoms with Crippen molar-refractivity contribution in [2.24, 2.45) is 11.7 Å². The molecule has 2 aromatic rings. The van der Waals surface area contributed by atoms with E-state index < -0.39 is 0 Å². The summed E-state index contributed by atoms with van der Waals surface area (Å²) in [5, 5.41) is 4.48. The predicted molar refractivity (Wildman–Crippen MR) is 114 cm³/mol. The molecule has 148 valence electrons. The van der Waals surface area contributed by atoms with Gasteiger partial charge in [-0.15, -0.1) is 0 Å². The molecule has 0 unspecified atom stereocenters. The molecule has 1 fully saturated rings. The minimum atomic E-state index is 0.0445. The van der Waals surface area contributed by atoms with Crippen LogP contribution in [0.15, 0.2) is 36.2 Å². The van der Waals surface area contributed by atoms with Crippen molar-refractivity contribution < 1.29 is 4.79 Å². The monoisotopic (exact) mass is 398 g/mol. The summed E-state index contributed by atoms with van der Waals surface area (Å²) < 4.78 is 0. The van der Waals surface area contributed by atoms with Crippen molar-refractivity contribution in [3.05, 3.63) is 46.9 Å². The first kappa shape index (κ1) is 19.1. The van der Waals surface area contributed by atoms with Gasteiger partial charge in [-0.25, -0.2) is 0 Å². The Hall–Kier alpha value is -2.27. The second-order valence-corrected chi connectivity index (χ2v) is 8.38. The molecule has 0 spiro atoms. The molecule has 6 heteroatoms. The number of pyridine rings is 1. The fraction of sp³-hybridized carbons (Fsp3) is 0.455. The van der Waals surface area contributed by atoms with Gasteiger partial charge < -0.3 is 16.0 Å². The zero-order valence-corrected chi connectivity index (χ0v) is 16.8. The lowest BCUT2D eigenvalue weighted by atomic mass is 9.87. The lowest BCUT2D eigenvalue weighted by Gasteiger charge is -2.21. The topological polar surface area (TPSA) is 71.2 Å². The van der Waals surface area contributed by atoms with Crippen LogP contribution in [0.4, 0.5) is 5.69 Å². The van der Waals surface area contributed by atoms with Gasteiger partial charge in [0.05, 0.1) is 28.5 Å². The minimum Gasteiger partial charge on any atom is -0.401 e. The molecule has 2 aliphatic rings. The maximum Gasteiger partial charge on any atom is 0.224 e. The van der Waals surface area contributed by atoms with E-state index in [1.807, 2.05) is 30.5 Å². The van der Waals surface area contributed by atoms with Gasteiger partial charge in [0.25, 0.3) is 0 Å². The summed E-state index contributed by atoms with van der Waals surface area (Å²) in [7, 11) is 0. The van der Waals surface area contributed by atoms with E-state index in [0.717, 1.165) is 54.6 Å². The molecule has 2 heterocycles. The zero-order chi connectivity index (χ0) is 19.5. The molecular weight excluding hydrogens is 372 g/mol. The highest BCUT2D eigenvalue weighted by Gasteiger charge is 2.19. The van der Waals surface area contributed by atoms with Crippen LogP contribution in [0, 0.1) is 5.92 Å². The lowest BCUT2D eigenvalue weighted by molar-refractivity contribution is -0.117. The lowest BCUT2D eigenvalue weighted by Crippen LogP contribution is -2.18. The third kappa shape index (κ3) is 4.41. The average molecular weight is 399 g/mol. The van der Waals surface area contributed by atoms with Crippen molar-refractivity contribution >= 4 is 34.1 Å². The van der Waals surface area contributed by atoms with Crippen LogP contribution >= 0.6 is 11.6 Å². The Morgan fingerprint density at radius 1 is 1.21 bits per heavy atom. The quantitative estimate of drug-likeness (QED) is 0.758. The highest BCUT2D eigenvalue weighted by atomic mass is 35.5. The average Bonchev–Trinajstić information content (AvgIpc) is 3.09. The number of halogens is 1. The molecule has 1 aliphatic carbocycles. The fourth-order valence-electron chi connectivity index (χ4n) is 4.25. The van der Waals surface area contributed by atoms with Gasteiger partial charge in [-0.05, 0) is 43.0 Å². The molecule has 1 saturated carbocycles. The maximum atomic E-state index is 12.6. The molecule has 28 heavy (non-hydrogen) atoms. The first-order chi connectivity index (χ1) is 13.6. The predicted octanol–water partition coefficient (Wildman–Crippen LogP) is 4.80. The van der Waals surface area contributed by atoms with Crippen molar-refractivity contribution in [2.75, 3.05) is 11.9 Å². The molecule has 5 nitrogen and oxygen atoms in total. The normalized spacial score (nSPS) is 17.8. The number of hydrogen-bond acceptors (Lipinski definition) is 4. The highest BCUT2D eigenvalue weighted by Crippen LogP contribution is 2.32. The summed E-state index contributed by atoms with van der Waals surface area (Å²) in [5.41, 5.74) is 9.26. The number of carbonyl (C=O) groups is 1. The largest absolute Gasteiger partial charge is 0.401 e. The number of aromatic nitrogens is 1. The number of benzene rings is 1. The Balaban J connectivity index is 1.51. The van der Waals surface area contributed by atoms with Crippen molar-refractivity contribution in [3.8, 4) is 0 Å². The number of nitrogens with one attached hydrogen (secondary N) is 1. The van der Waals surface area contributed by atoms with Gasteiger partial charge in [-0.3, -0.25) is 9.78 Å². The van der Waals surface area contributed by atoms with E-state index in [0.29, 0.717) is 23.0 Å². The Morgan fingerprint density at radius 2 is 2.04 bits per heavy atom. The van der Waals surface area contributed by atoms with Gasteiger partial charge >= 0.3 is 0 Å². The Kier molecular flexibility index (Phi) is 5.72. The molecule has 4 rings (SSSR count). The minimum absolute atomic E-state index is 0.0445. The standard InChI is InChI=1S/C22H27ClN4O/c23-19-8-9-20-18(7-6-17(25-20)14-27-11-10-16(24)13-27)22(19)26-21(28)12-15-4-2-1-3-5-15/h6-9,13,15H,1-5,10-12,14,24H2,(H,26,28). The van der Waals surface area contributed by atoms with Crippen LogP contribution in [0.1, 0.15) is 50.6 Å². The second-order valence-electron chi connectivity index (χ2n) is 7.97. The molecule has 1 amide bonds. The molecule has 3 N–H and O–H groups in total. The molecular formula is C22H27ClN4O. The number of amides is 1. The number of carbonyl (C=O) groups excluding carboxylic acids is 1. The summed E-state index contributed by atoms with van der Waals surface area (Å²) in [6, 6.07) is 7.72. The summed E-state index contributed by atoms with van der Waals surface area (Å²) in [6.45, 7) is 1.65.